The molecule has 2 rings (SSSR count). The number of methoxy groups -OCH3 is 1. The lowest BCUT2D eigenvalue weighted by Crippen LogP contribution is -2.31. The number of hydrogen-bond donors (Lipinski definition) is 1. The van der Waals surface area contributed by atoms with Crippen molar-refractivity contribution in [3.63, 3.8) is 0 Å². The molecule has 1 atom stereocenters. The van der Waals surface area contributed by atoms with Crippen molar-refractivity contribution in [3.8, 4) is 5.75 Å². The summed E-state index contributed by atoms with van der Waals surface area (Å²) < 4.78 is 5.43. The van der Waals surface area contributed by atoms with Crippen LogP contribution in [-0.4, -0.2) is 23.3 Å². The van der Waals surface area contributed by atoms with Gasteiger partial charge in [0.2, 0.25) is 0 Å². The van der Waals surface area contributed by atoms with Gasteiger partial charge in [-0.05, 0) is 32.1 Å². The Kier molecular flexibility index (Phi) is 4.14. The number of nitrogens with zero attached hydrogens (tertiary/aromatic N) is 1. The highest BCUT2D eigenvalue weighted by Crippen LogP contribution is 2.41. The Bertz CT molecular complexity index is 450. The number of aliphatic hydroxyl groups is 1. The van der Waals surface area contributed by atoms with E-state index in [2.05, 4.69) is 11.9 Å². The molecule has 1 saturated carbocycles. The Morgan fingerprint density at radius 1 is 1.37 bits per heavy atom. The zero-order chi connectivity index (χ0) is 14.0. The van der Waals surface area contributed by atoms with E-state index in [1.165, 1.54) is 12.8 Å². The van der Waals surface area contributed by atoms with Gasteiger partial charge in [0.15, 0.2) is 0 Å². The second kappa shape index (κ2) is 5.49. The SMILES string of the molecule is COc1c(C)cnc(CC(O)C2(C)CCCC2)c1C. The molecule has 0 saturated heterocycles. The van der Waals surface area contributed by atoms with Gasteiger partial charge >= 0.3 is 0 Å². The number of aromatic nitrogens is 1. The monoisotopic (exact) mass is 263 g/mol. The third kappa shape index (κ3) is 2.76. The molecule has 0 spiro atoms. The molecule has 19 heavy (non-hydrogen) atoms. The van der Waals surface area contributed by atoms with E-state index in [0.717, 1.165) is 35.4 Å². The van der Waals surface area contributed by atoms with Crippen molar-refractivity contribution < 1.29 is 9.84 Å². The molecule has 1 aliphatic rings. The van der Waals surface area contributed by atoms with Gasteiger partial charge in [-0.3, -0.25) is 4.98 Å². The zero-order valence-corrected chi connectivity index (χ0v) is 12.5. The minimum atomic E-state index is -0.311. The van der Waals surface area contributed by atoms with Crippen LogP contribution in [0.3, 0.4) is 0 Å². The normalized spacial score (nSPS) is 19.4. The molecule has 1 unspecified atom stereocenters. The summed E-state index contributed by atoms with van der Waals surface area (Å²) in [6.07, 6.45) is 6.86. The first-order valence-corrected chi connectivity index (χ1v) is 7.15. The van der Waals surface area contributed by atoms with Crippen molar-refractivity contribution in [3.05, 3.63) is 23.0 Å². The first-order valence-electron chi connectivity index (χ1n) is 7.15. The minimum Gasteiger partial charge on any atom is -0.496 e. The molecule has 1 aromatic rings. The van der Waals surface area contributed by atoms with Crippen molar-refractivity contribution >= 4 is 0 Å². The quantitative estimate of drug-likeness (QED) is 0.907. The van der Waals surface area contributed by atoms with Crippen molar-refractivity contribution in [2.75, 3.05) is 7.11 Å². The minimum absolute atomic E-state index is 0.0617. The molecular weight excluding hydrogens is 238 g/mol. The largest absolute Gasteiger partial charge is 0.496 e. The lowest BCUT2D eigenvalue weighted by atomic mass is 9.80. The van der Waals surface area contributed by atoms with Crippen molar-refractivity contribution in [1.29, 1.82) is 0 Å². The van der Waals surface area contributed by atoms with Crippen LogP contribution in [0.15, 0.2) is 6.20 Å². The molecule has 1 fully saturated rings. The average Bonchev–Trinajstić information content (AvgIpc) is 2.82. The summed E-state index contributed by atoms with van der Waals surface area (Å²) in [7, 11) is 1.69. The third-order valence-electron chi connectivity index (χ3n) is 4.69. The maximum absolute atomic E-state index is 10.5. The molecule has 106 valence electrons. The fourth-order valence-corrected chi connectivity index (χ4v) is 3.22. The molecule has 1 aromatic heterocycles. The lowest BCUT2D eigenvalue weighted by molar-refractivity contribution is 0.0414. The molecule has 0 amide bonds. The lowest BCUT2D eigenvalue weighted by Gasteiger charge is -2.30. The van der Waals surface area contributed by atoms with Gasteiger partial charge in [-0.15, -0.1) is 0 Å². The number of aryl methyl sites for hydroxylation is 1. The number of pyridine rings is 1. The second-order valence-electron chi connectivity index (χ2n) is 6.13. The summed E-state index contributed by atoms with van der Waals surface area (Å²) in [4.78, 5) is 4.49. The Labute approximate surface area is 116 Å². The molecular formula is C16H25NO2. The molecule has 0 aliphatic heterocycles. The smallest absolute Gasteiger partial charge is 0.128 e. The number of hydrogen-bond acceptors (Lipinski definition) is 3. The summed E-state index contributed by atoms with van der Waals surface area (Å²) in [6.45, 7) is 6.22. The fraction of sp³-hybridized carbons (Fsp3) is 0.688. The maximum atomic E-state index is 10.5. The van der Waals surface area contributed by atoms with Crippen molar-refractivity contribution in [2.24, 2.45) is 5.41 Å². The van der Waals surface area contributed by atoms with Crippen LogP contribution >= 0.6 is 0 Å². The zero-order valence-electron chi connectivity index (χ0n) is 12.5. The van der Waals surface area contributed by atoms with Crippen LogP contribution in [0, 0.1) is 19.3 Å². The predicted octanol–water partition coefficient (Wildman–Crippen LogP) is 3.19. The molecule has 3 heteroatoms. The predicted molar refractivity (Wildman–Crippen MR) is 76.5 cm³/mol. The van der Waals surface area contributed by atoms with Crippen LogP contribution in [0.2, 0.25) is 0 Å². The van der Waals surface area contributed by atoms with Gasteiger partial charge < -0.3 is 9.84 Å². The highest BCUT2D eigenvalue weighted by atomic mass is 16.5. The van der Waals surface area contributed by atoms with E-state index in [9.17, 15) is 5.11 Å². The number of ether oxygens (including phenoxy) is 1. The van der Waals surface area contributed by atoms with E-state index in [1.807, 2.05) is 20.0 Å². The van der Waals surface area contributed by atoms with Crippen molar-refractivity contribution in [1.82, 2.24) is 4.98 Å². The average molecular weight is 263 g/mol. The standard InChI is InChI=1S/C16H25NO2/c1-11-10-17-13(12(2)15(11)19-4)9-14(18)16(3)7-5-6-8-16/h10,14,18H,5-9H2,1-4H3. The summed E-state index contributed by atoms with van der Waals surface area (Å²) in [5, 5.41) is 10.5. The summed E-state index contributed by atoms with van der Waals surface area (Å²) in [6, 6.07) is 0. The molecule has 1 heterocycles. The first-order chi connectivity index (χ1) is 8.98. The van der Waals surface area contributed by atoms with Gasteiger partial charge in [0.25, 0.3) is 0 Å². The summed E-state index contributed by atoms with van der Waals surface area (Å²) in [5.41, 5.74) is 3.13. The van der Waals surface area contributed by atoms with Crippen LogP contribution < -0.4 is 4.74 Å². The fourth-order valence-electron chi connectivity index (χ4n) is 3.22. The second-order valence-corrected chi connectivity index (χ2v) is 6.13. The Hall–Kier alpha value is -1.09. The third-order valence-corrected chi connectivity index (χ3v) is 4.69. The van der Waals surface area contributed by atoms with Crippen LogP contribution in [-0.2, 0) is 6.42 Å². The topological polar surface area (TPSA) is 42.4 Å². The van der Waals surface area contributed by atoms with Gasteiger partial charge in [-0.25, -0.2) is 0 Å². The maximum Gasteiger partial charge on any atom is 0.128 e. The van der Waals surface area contributed by atoms with Gasteiger partial charge in [-0.1, -0.05) is 19.8 Å². The van der Waals surface area contributed by atoms with Gasteiger partial charge in [0.1, 0.15) is 5.75 Å². The van der Waals surface area contributed by atoms with Crippen LogP contribution in [0.5, 0.6) is 5.75 Å². The van der Waals surface area contributed by atoms with E-state index in [0.29, 0.717) is 6.42 Å². The molecule has 0 bridgehead atoms. The van der Waals surface area contributed by atoms with Crippen molar-refractivity contribution in [2.45, 2.75) is 59.0 Å². The van der Waals surface area contributed by atoms with E-state index >= 15 is 0 Å². The van der Waals surface area contributed by atoms with Crippen LogP contribution in [0.1, 0.15) is 49.4 Å². The van der Waals surface area contributed by atoms with Gasteiger partial charge in [-0.2, -0.15) is 0 Å². The highest BCUT2D eigenvalue weighted by molar-refractivity contribution is 5.41. The van der Waals surface area contributed by atoms with Gasteiger partial charge in [0.05, 0.1) is 13.2 Å². The molecule has 1 aliphatic carbocycles. The van der Waals surface area contributed by atoms with Crippen LogP contribution in [0.4, 0.5) is 0 Å². The molecule has 1 N–H and O–H groups in total. The Morgan fingerprint density at radius 2 is 2.00 bits per heavy atom. The van der Waals surface area contributed by atoms with Crippen LogP contribution in [0.25, 0.3) is 0 Å². The first kappa shape index (κ1) is 14.3. The number of rotatable bonds is 4. The Morgan fingerprint density at radius 3 is 2.58 bits per heavy atom. The summed E-state index contributed by atoms with van der Waals surface area (Å²) in [5.74, 6) is 0.897. The Balaban J connectivity index is 2.19. The highest BCUT2D eigenvalue weighted by Gasteiger charge is 2.36. The van der Waals surface area contributed by atoms with E-state index in [4.69, 9.17) is 4.74 Å². The molecule has 0 aromatic carbocycles. The summed E-state index contributed by atoms with van der Waals surface area (Å²) >= 11 is 0. The van der Waals surface area contributed by atoms with E-state index < -0.39 is 0 Å². The molecule has 3 nitrogen and oxygen atoms in total. The van der Waals surface area contributed by atoms with Gasteiger partial charge in [0, 0.05) is 29.4 Å². The molecule has 0 radical (unpaired) electrons. The van der Waals surface area contributed by atoms with E-state index in [1.54, 1.807) is 7.11 Å². The van der Waals surface area contributed by atoms with E-state index in [-0.39, 0.29) is 11.5 Å². The number of aliphatic hydroxyl groups excluding tert-OH is 1.